The van der Waals surface area contributed by atoms with Crippen LogP contribution in [0.1, 0.15) is 28.9 Å². The first-order valence-corrected chi connectivity index (χ1v) is 7.48. The number of hydrogen-bond acceptors (Lipinski definition) is 3. The highest BCUT2D eigenvalue weighted by atomic mass is 35.5. The zero-order chi connectivity index (χ0) is 15.7. The molecular formula is C15H20Cl2F3N3O. The summed E-state index contributed by atoms with van der Waals surface area (Å²) in [7, 11) is 0. The van der Waals surface area contributed by atoms with Crippen molar-refractivity contribution in [3.05, 3.63) is 29.6 Å². The van der Waals surface area contributed by atoms with E-state index in [9.17, 15) is 18.0 Å². The van der Waals surface area contributed by atoms with E-state index in [0.717, 1.165) is 38.2 Å². The van der Waals surface area contributed by atoms with Crippen molar-refractivity contribution in [1.82, 2.24) is 15.2 Å². The number of halogens is 5. The third kappa shape index (κ3) is 4.52. The van der Waals surface area contributed by atoms with Gasteiger partial charge in [0, 0.05) is 19.3 Å². The standard InChI is InChI=1S/C15H18F3N3O.2ClH/c16-15(17,18)13-2-1-12(9-20-13)14(22)21-5-3-10-7-19-8-11(10)4-6-21;;/h1-2,9-11,19H,3-8H2;2*1H/t10-,11+;;. The van der Waals surface area contributed by atoms with Gasteiger partial charge in [-0.25, -0.2) is 0 Å². The van der Waals surface area contributed by atoms with E-state index in [1.807, 2.05) is 0 Å². The number of likely N-dealkylation sites (tertiary alicyclic amines) is 1. The lowest BCUT2D eigenvalue weighted by Crippen LogP contribution is -2.32. The maximum Gasteiger partial charge on any atom is 0.433 e. The molecule has 0 spiro atoms. The van der Waals surface area contributed by atoms with Crippen LogP contribution in [0.15, 0.2) is 18.3 Å². The molecule has 0 bridgehead atoms. The van der Waals surface area contributed by atoms with E-state index in [4.69, 9.17) is 0 Å². The van der Waals surface area contributed by atoms with Crippen LogP contribution in [0.25, 0.3) is 0 Å². The molecule has 1 amide bonds. The van der Waals surface area contributed by atoms with Gasteiger partial charge in [0.1, 0.15) is 5.69 Å². The van der Waals surface area contributed by atoms with Crippen molar-refractivity contribution in [2.24, 2.45) is 11.8 Å². The predicted octanol–water partition coefficient (Wildman–Crippen LogP) is 3.02. The number of nitrogens with zero attached hydrogens (tertiary/aromatic N) is 2. The summed E-state index contributed by atoms with van der Waals surface area (Å²) in [4.78, 5) is 17.5. The third-order valence-corrected chi connectivity index (χ3v) is 4.61. The molecule has 2 atom stereocenters. The van der Waals surface area contributed by atoms with Crippen LogP contribution in [-0.4, -0.2) is 42.0 Å². The molecule has 1 aromatic rings. The Labute approximate surface area is 151 Å². The van der Waals surface area contributed by atoms with Gasteiger partial charge in [0.05, 0.1) is 5.56 Å². The molecule has 0 unspecified atom stereocenters. The Kier molecular flexibility index (Phi) is 7.31. The lowest BCUT2D eigenvalue weighted by atomic mass is 9.92. The van der Waals surface area contributed by atoms with Gasteiger partial charge in [-0.3, -0.25) is 9.78 Å². The number of pyridine rings is 1. The van der Waals surface area contributed by atoms with E-state index in [1.165, 1.54) is 6.07 Å². The fourth-order valence-electron chi connectivity index (χ4n) is 3.29. The van der Waals surface area contributed by atoms with Gasteiger partial charge in [-0.2, -0.15) is 13.2 Å². The number of rotatable bonds is 1. The van der Waals surface area contributed by atoms with Crippen LogP contribution < -0.4 is 5.32 Å². The molecule has 2 fully saturated rings. The summed E-state index contributed by atoms with van der Waals surface area (Å²) >= 11 is 0. The third-order valence-electron chi connectivity index (χ3n) is 4.61. The van der Waals surface area contributed by atoms with E-state index in [1.54, 1.807) is 4.90 Å². The van der Waals surface area contributed by atoms with E-state index in [0.29, 0.717) is 24.9 Å². The number of aromatic nitrogens is 1. The van der Waals surface area contributed by atoms with Crippen molar-refractivity contribution in [2.75, 3.05) is 26.2 Å². The number of nitrogens with one attached hydrogen (secondary N) is 1. The Hall–Kier alpha value is -1.05. The highest BCUT2D eigenvalue weighted by Crippen LogP contribution is 2.29. The molecule has 0 radical (unpaired) electrons. The van der Waals surface area contributed by atoms with Gasteiger partial charge in [0.2, 0.25) is 0 Å². The summed E-state index contributed by atoms with van der Waals surface area (Å²) < 4.78 is 37.5. The average Bonchev–Trinajstić information content (AvgIpc) is 2.85. The monoisotopic (exact) mass is 385 g/mol. The number of alkyl halides is 3. The van der Waals surface area contributed by atoms with Gasteiger partial charge in [0.15, 0.2) is 0 Å². The van der Waals surface area contributed by atoms with Crippen molar-refractivity contribution in [3.63, 3.8) is 0 Å². The van der Waals surface area contributed by atoms with Crippen molar-refractivity contribution in [2.45, 2.75) is 19.0 Å². The normalized spacial score (nSPS) is 23.5. The molecule has 9 heteroatoms. The molecule has 1 N–H and O–H groups in total. The molecule has 24 heavy (non-hydrogen) atoms. The van der Waals surface area contributed by atoms with Gasteiger partial charge >= 0.3 is 6.18 Å². The van der Waals surface area contributed by atoms with Crippen LogP contribution in [0.3, 0.4) is 0 Å². The maximum atomic E-state index is 12.5. The Bertz CT molecular complexity index is 540. The zero-order valence-corrected chi connectivity index (χ0v) is 14.5. The lowest BCUT2D eigenvalue weighted by Gasteiger charge is -2.21. The highest BCUT2D eigenvalue weighted by molar-refractivity contribution is 5.93. The van der Waals surface area contributed by atoms with Gasteiger partial charge in [-0.05, 0) is 49.9 Å². The first kappa shape index (κ1) is 21.0. The first-order valence-electron chi connectivity index (χ1n) is 7.48. The lowest BCUT2D eigenvalue weighted by molar-refractivity contribution is -0.141. The number of amides is 1. The minimum absolute atomic E-state index is 0. The fraction of sp³-hybridized carbons (Fsp3) is 0.600. The average molecular weight is 386 g/mol. The Morgan fingerprint density at radius 1 is 1.12 bits per heavy atom. The summed E-state index contributed by atoms with van der Waals surface area (Å²) in [6, 6.07) is 2.08. The smallest absolute Gasteiger partial charge is 0.339 e. The molecule has 3 rings (SSSR count). The molecular weight excluding hydrogens is 366 g/mol. The molecule has 136 valence electrons. The maximum absolute atomic E-state index is 12.5. The second-order valence-electron chi connectivity index (χ2n) is 5.98. The van der Waals surface area contributed by atoms with Crippen molar-refractivity contribution in [3.8, 4) is 0 Å². The second-order valence-corrected chi connectivity index (χ2v) is 5.98. The van der Waals surface area contributed by atoms with Gasteiger partial charge < -0.3 is 10.2 Å². The number of hydrogen-bond donors (Lipinski definition) is 1. The summed E-state index contributed by atoms with van der Waals surface area (Å²) in [5.41, 5.74) is -0.751. The summed E-state index contributed by atoms with van der Waals surface area (Å²) in [5, 5.41) is 3.37. The van der Waals surface area contributed by atoms with Crippen LogP contribution in [0.4, 0.5) is 13.2 Å². The molecule has 4 nitrogen and oxygen atoms in total. The molecule has 2 saturated heterocycles. The predicted molar refractivity (Wildman–Crippen MR) is 88.7 cm³/mol. The highest BCUT2D eigenvalue weighted by Gasteiger charge is 2.34. The minimum Gasteiger partial charge on any atom is -0.339 e. The zero-order valence-electron chi connectivity index (χ0n) is 12.9. The SMILES string of the molecule is Cl.Cl.O=C(c1ccc(C(F)(F)F)nc1)N1CC[C@@H]2CNC[C@@H]2CC1. The molecule has 2 aliphatic rings. The molecule has 1 aromatic heterocycles. The minimum atomic E-state index is -4.48. The number of fused-ring (bicyclic) bond motifs is 1. The van der Waals surface area contributed by atoms with Crippen LogP contribution in [0, 0.1) is 11.8 Å². The van der Waals surface area contributed by atoms with E-state index in [2.05, 4.69) is 10.3 Å². The summed E-state index contributed by atoms with van der Waals surface area (Å²) in [6.45, 7) is 3.30. The van der Waals surface area contributed by atoms with Crippen LogP contribution in [0.2, 0.25) is 0 Å². The summed E-state index contributed by atoms with van der Waals surface area (Å²) in [6.07, 6.45) is -1.57. The van der Waals surface area contributed by atoms with E-state index < -0.39 is 11.9 Å². The van der Waals surface area contributed by atoms with Crippen molar-refractivity contribution < 1.29 is 18.0 Å². The number of carbonyl (C=O) groups is 1. The fourth-order valence-corrected chi connectivity index (χ4v) is 3.29. The Morgan fingerprint density at radius 3 is 2.17 bits per heavy atom. The van der Waals surface area contributed by atoms with Gasteiger partial charge in [-0.15, -0.1) is 24.8 Å². The van der Waals surface area contributed by atoms with E-state index >= 15 is 0 Å². The largest absolute Gasteiger partial charge is 0.433 e. The van der Waals surface area contributed by atoms with Crippen molar-refractivity contribution in [1.29, 1.82) is 0 Å². The van der Waals surface area contributed by atoms with Crippen LogP contribution >= 0.6 is 24.8 Å². The number of carbonyl (C=O) groups excluding carboxylic acids is 1. The Balaban J connectivity index is 0.00000144. The van der Waals surface area contributed by atoms with Gasteiger partial charge in [-0.1, -0.05) is 0 Å². The van der Waals surface area contributed by atoms with Crippen LogP contribution in [-0.2, 0) is 6.18 Å². The Morgan fingerprint density at radius 2 is 1.71 bits per heavy atom. The molecule has 3 heterocycles. The molecule has 0 aromatic carbocycles. The molecule has 0 saturated carbocycles. The van der Waals surface area contributed by atoms with Gasteiger partial charge in [0.25, 0.3) is 5.91 Å². The van der Waals surface area contributed by atoms with E-state index in [-0.39, 0.29) is 36.3 Å². The topological polar surface area (TPSA) is 45.2 Å². The first-order chi connectivity index (χ1) is 10.4. The quantitative estimate of drug-likeness (QED) is 0.807. The summed E-state index contributed by atoms with van der Waals surface area (Å²) in [5.74, 6) is 0.973. The van der Waals surface area contributed by atoms with Crippen LogP contribution in [0.5, 0.6) is 0 Å². The molecule has 0 aliphatic carbocycles. The second kappa shape index (κ2) is 8.36. The molecule has 2 aliphatic heterocycles. The van der Waals surface area contributed by atoms with Crippen molar-refractivity contribution >= 4 is 30.7 Å².